The van der Waals surface area contributed by atoms with Crippen LogP contribution in [-0.4, -0.2) is 57.0 Å². The summed E-state index contributed by atoms with van der Waals surface area (Å²) in [6.45, 7) is 13.6. The van der Waals surface area contributed by atoms with E-state index in [0.717, 1.165) is 32.5 Å². The molecule has 0 radical (unpaired) electrons. The number of hydrogen-bond acceptors (Lipinski definition) is 4. The van der Waals surface area contributed by atoms with Gasteiger partial charge in [0, 0.05) is 25.4 Å². The Labute approximate surface area is 190 Å². The SMILES string of the molecule is CCCC[NH+](CCCC)CCCNCC1C(=O)OC2CC3(C)CCCC4(CO4)C3CC21. The third-order valence-electron chi connectivity index (χ3n) is 9.10. The van der Waals surface area contributed by atoms with E-state index in [9.17, 15) is 4.79 Å². The van der Waals surface area contributed by atoms with Crippen LogP contribution in [0.5, 0.6) is 0 Å². The van der Waals surface area contributed by atoms with E-state index in [1.165, 1.54) is 71.0 Å². The highest BCUT2D eigenvalue weighted by Gasteiger charge is 2.64. The number of epoxide rings is 1. The lowest BCUT2D eigenvalue weighted by molar-refractivity contribution is -0.900. The minimum Gasteiger partial charge on any atom is -0.462 e. The zero-order valence-electron chi connectivity index (χ0n) is 20.3. The fourth-order valence-electron chi connectivity index (χ4n) is 7.14. The van der Waals surface area contributed by atoms with Crippen LogP contribution in [0.1, 0.15) is 85.0 Å². The van der Waals surface area contributed by atoms with Crippen molar-refractivity contribution >= 4 is 5.97 Å². The van der Waals surface area contributed by atoms with Gasteiger partial charge >= 0.3 is 5.97 Å². The van der Waals surface area contributed by atoms with Gasteiger partial charge in [0.15, 0.2) is 0 Å². The molecule has 0 aromatic heterocycles. The Morgan fingerprint density at radius 1 is 1.10 bits per heavy atom. The molecule has 0 aromatic rings. The Bertz CT molecular complexity index is 599. The summed E-state index contributed by atoms with van der Waals surface area (Å²) < 4.78 is 12.0. The molecule has 31 heavy (non-hydrogen) atoms. The number of esters is 1. The Balaban J connectivity index is 1.24. The molecule has 1 spiro atoms. The van der Waals surface area contributed by atoms with Gasteiger partial charge in [0.1, 0.15) is 6.10 Å². The average molecular weight is 436 g/mol. The Morgan fingerprint density at radius 2 is 1.81 bits per heavy atom. The molecule has 5 heteroatoms. The summed E-state index contributed by atoms with van der Waals surface area (Å²) in [7, 11) is 0. The molecule has 178 valence electrons. The fraction of sp³-hybridized carbons (Fsp3) is 0.962. The van der Waals surface area contributed by atoms with Gasteiger partial charge in [-0.05, 0) is 56.3 Å². The van der Waals surface area contributed by atoms with Gasteiger partial charge in [-0.25, -0.2) is 0 Å². The topological polar surface area (TPSA) is 55.3 Å². The molecule has 2 heterocycles. The molecule has 2 N–H and O–H groups in total. The summed E-state index contributed by atoms with van der Waals surface area (Å²) in [5, 5.41) is 3.63. The smallest absolute Gasteiger partial charge is 0.310 e. The standard InChI is InChI=1S/C26H46N2O3/c1-4-6-13-28(14-7-5-2)15-9-12-27-18-21-20-16-23-25(3,17-22(20)31-24(21)29)10-8-11-26(23)19-30-26/h20-23,27H,4-19H2,1-3H3/p+1. The van der Waals surface area contributed by atoms with Gasteiger partial charge < -0.3 is 19.7 Å². The van der Waals surface area contributed by atoms with Crippen molar-refractivity contribution in [1.82, 2.24) is 5.32 Å². The maximum Gasteiger partial charge on any atom is 0.310 e. The second-order valence-corrected chi connectivity index (χ2v) is 11.4. The first-order valence-corrected chi connectivity index (χ1v) is 13.4. The first-order chi connectivity index (χ1) is 15.0. The summed E-state index contributed by atoms with van der Waals surface area (Å²) in [5.41, 5.74) is 0.437. The zero-order valence-corrected chi connectivity index (χ0v) is 20.3. The van der Waals surface area contributed by atoms with Gasteiger partial charge in [0.05, 0.1) is 37.8 Å². The average Bonchev–Trinajstić information content (AvgIpc) is 3.45. The number of ether oxygens (including phenoxy) is 2. The minimum atomic E-state index is 0.0379. The summed E-state index contributed by atoms with van der Waals surface area (Å²) in [6.07, 6.45) is 12.5. The number of hydrogen-bond donors (Lipinski definition) is 2. The molecule has 4 rings (SSSR count). The van der Waals surface area contributed by atoms with Gasteiger partial charge in [-0.3, -0.25) is 4.79 Å². The molecule has 0 bridgehead atoms. The maximum atomic E-state index is 12.7. The van der Waals surface area contributed by atoms with Crippen LogP contribution in [-0.2, 0) is 14.3 Å². The number of carbonyl (C=O) groups excluding carboxylic acids is 1. The highest BCUT2D eigenvalue weighted by Crippen LogP contribution is 2.62. The summed E-state index contributed by atoms with van der Waals surface area (Å²) >= 11 is 0. The number of nitrogens with one attached hydrogen (secondary N) is 2. The molecule has 2 saturated carbocycles. The van der Waals surface area contributed by atoms with Crippen molar-refractivity contribution in [2.24, 2.45) is 23.2 Å². The zero-order chi connectivity index (χ0) is 21.9. The number of rotatable bonds is 12. The molecule has 4 aliphatic rings. The van der Waals surface area contributed by atoms with E-state index < -0.39 is 0 Å². The number of unbranched alkanes of at least 4 members (excludes halogenated alkanes) is 2. The quantitative estimate of drug-likeness (QED) is 0.281. The molecule has 0 amide bonds. The van der Waals surface area contributed by atoms with E-state index in [2.05, 4.69) is 26.1 Å². The Kier molecular flexibility index (Phi) is 7.65. The van der Waals surface area contributed by atoms with Crippen LogP contribution in [0.15, 0.2) is 0 Å². The molecular weight excluding hydrogens is 388 g/mol. The highest BCUT2D eigenvalue weighted by molar-refractivity contribution is 5.75. The molecule has 2 aliphatic heterocycles. The summed E-state index contributed by atoms with van der Waals surface area (Å²) in [6, 6.07) is 0. The third-order valence-corrected chi connectivity index (χ3v) is 9.10. The number of carbonyl (C=O) groups is 1. The third kappa shape index (κ3) is 5.14. The molecule has 4 fully saturated rings. The molecule has 2 aliphatic carbocycles. The van der Waals surface area contributed by atoms with E-state index in [-0.39, 0.29) is 23.6 Å². The van der Waals surface area contributed by atoms with Crippen molar-refractivity contribution < 1.29 is 19.2 Å². The number of quaternary nitrogens is 1. The van der Waals surface area contributed by atoms with Crippen LogP contribution < -0.4 is 10.2 Å². The Morgan fingerprint density at radius 3 is 2.48 bits per heavy atom. The first kappa shape index (κ1) is 23.5. The van der Waals surface area contributed by atoms with Crippen LogP contribution in [0.4, 0.5) is 0 Å². The molecule has 6 unspecified atom stereocenters. The fourth-order valence-corrected chi connectivity index (χ4v) is 7.14. The van der Waals surface area contributed by atoms with E-state index in [1.54, 1.807) is 4.90 Å². The maximum absolute atomic E-state index is 12.7. The van der Waals surface area contributed by atoms with Crippen LogP contribution >= 0.6 is 0 Å². The number of fused-ring (bicyclic) bond motifs is 3. The molecule has 2 saturated heterocycles. The second-order valence-electron chi connectivity index (χ2n) is 11.4. The second kappa shape index (κ2) is 10.1. The van der Waals surface area contributed by atoms with Gasteiger partial charge in [-0.15, -0.1) is 0 Å². The van der Waals surface area contributed by atoms with Crippen molar-refractivity contribution in [3.05, 3.63) is 0 Å². The van der Waals surface area contributed by atoms with Crippen LogP contribution in [0, 0.1) is 23.2 Å². The van der Waals surface area contributed by atoms with Gasteiger partial charge in [0.2, 0.25) is 0 Å². The van der Waals surface area contributed by atoms with Crippen LogP contribution in [0.3, 0.4) is 0 Å². The molecule has 6 atom stereocenters. The summed E-state index contributed by atoms with van der Waals surface area (Å²) in [4.78, 5) is 14.5. The van der Waals surface area contributed by atoms with Crippen molar-refractivity contribution in [1.29, 1.82) is 0 Å². The Hall–Kier alpha value is -0.650. The van der Waals surface area contributed by atoms with E-state index in [1.807, 2.05) is 0 Å². The highest BCUT2D eigenvalue weighted by atomic mass is 16.6. The van der Waals surface area contributed by atoms with Gasteiger partial charge in [-0.2, -0.15) is 0 Å². The van der Waals surface area contributed by atoms with E-state index in [0.29, 0.717) is 17.3 Å². The normalized spacial score (nSPS) is 38.9. The minimum absolute atomic E-state index is 0.0379. The molecule has 0 aromatic carbocycles. The van der Waals surface area contributed by atoms with E-state index >= 15 is 0 Å². The van der Waals surface area contributed by atoms with Crippen molar-refractivity contribution in [3.8, 4) is 0 Å². The first-order valence-electron chi connectivity index (χ1n) is 13.4. The van der Waals surface area contributed by atoms with Crippen molar-refractivity contribution in [2.75, 3.05) is 39.3 Å². The lowest BCUT2D eigenvalue weighted by Gasteiger charge is -2.51. The lowest BCUT2D eigenvalue weighted by atomic mass is 9.53. The monoisotopic (exact) mass is 435 g/mol. The largest absolute Gasteiger partial charge is 0.462 e. The van der Waals surface area contributed by atoms with Crippen molar-refractivity contribution in [2.45, 2.75) is 96.7 Å². The predicted molar refractivity (Wildman–Crippen MR) is 123 cm³/mol. The van der Waals surface area contributed by atoms with Gasteiger partial charge in [-0.1, -0.05) is 33.6 Å². The predicted octanol–water partition coefficient (Wildman–Crippen LogP) is 2.98. The van der Waals surface area contributed by atoms with E-state index in [4.69, 9.17) is 9.47 Å². The van der Waals surface area contributed by atoms with Crippen LogP contribution in [0.25, 0.3) is 0 Å². The summed E-state index contributed by atoms with van der Waals surface area (Å²) in [5.74, 6) is 1.08. The molecule has 5 nitrogen and oxygen atoms in total. The van der Waals surface area contributed by atoms with Gasteiger partial charge in [0.25, 0.3) is 0 Å². The lowest BCUT2D eigenvalue weighted by Crippen LogP contribution is -3.12. The van der Waals surface area contributed by atoms with Crippen molar-refractivity contribution in [3.63, 3.8) is 0 Å². The van der Waals surface area contributed by atoms with Crippen LogP contribution in [0.2, 0.25) is 0 Å². The molecular formula is C26H47N2O3+.